The van der Waals surface area contributed by atoms with Crippen molar-refractivity contribution in [1.29, 1.82) is 0 Å². The van der Waals surface area contributed by atoms with Crippen LogP contribution in [0.1, 0.15) is 17.2 Å². The van der Waals surface area contributed by atoms with Gasteiger partial charge in [0.15, 0.2) is 0 Å². The van der Waals surface area contributed by atoms with E-state index in [9.17, 15) is 4.79 Å². The Balaban J connectivity index is 0.00000161. The highest BCUT2D eigenvalue weighted by Crippen LogP contribution is 2.37. The van der Waals surface area contributed by atoms with Crippen LogP contribution in [0.3, 0.4) is 0 Å². The van der Waals surface area contributed by atoms with Crippen molar-refractivity contribution < 1.29 is 4.79 Å². The molecule has 1 unspecified atom stereocenters. The summed E-state index contributed by atoms with van der Waals surface area (Å²) in [7, 11) is 0. The van der Waals surface area contributed by atoms with Gasteiger partial charge in [-0.25, -0.2) is 0 Å². The maximum Gasteiger partial charge on any atom is 0.248 e. The summed E-state index contributed by atoms with van der Waals surface area (Å²) in [6.45, 7) is 0.474. The first kappa shape index (κ1) is 16.3. The first-order chi connectivity index (χ1) is 9.56. The number of rotatable bonds is 2. The molecule has 2 aromatic carbocycles. The minimum Gasteiger partial charge on any atom is -0.316 e. The van der Waals surface area contributed by atoms with Gasteiger partial charge in [0.1, 0.15) is 6.04 Å². The van der Waals surface area contributed by atoms with Crippen molar-refractivity contribution in [3.05, 3.63) is 63.1 Å². The van der Waals surface area contributed by atoms with Gasteiger partial charge in [0, 0.05) is 20.7 Å². The van der Waals surface area contributed by atoms with Gasteiger partial charge in [-0.2, -0.15) is 0 Å². The van der Waals surface area contributed by atoms with Crippen LogP contribution in [0, 0.1) is 0 Å². The molecule has 0 saturated carbocycles. The number of carbonyl (C=O) groups excluding carboxylic acids is 1. The van der Waals surface area contributed by atoms with Crippen LogP contribution in [0.15, 0.2) is 46.9 Å². The fourth-order valence-corrected chi connectivity index (χ4v) is 3.01. The Bertz CT molecular complexity index is 693. The first-order valence-corrected chi connectivity index (χ1v) is 7.34. The molecule has 1 amide bonds. The summed E-state index contributed by atoms with van der Waals surface area (Å²) in [6.07, 6.45) is 0. The lowest BCUT2D eigenvalue weighted by Crippen LogP contribution is -2.31. The molecule has 2 aromatic rings. The van der Waals surface area contributed by atoms with Gasteiger partial charge in [0.2, 0.25) is 5.91 Å². The smallest absolute Gasteiger partial charge is 0.248 e. The summed E-state index contributed by atoms with van der Waals surface area (Å²) in [5.74, 6) is -0.0851. The lowest BCUT2D eigenvalue weighted by Gasteiger charge is -2.18. The van der Waals surface area contributed by atoms with E-state index < -0.39 is 6.04 Å². The number of anilines is 1. The number of halogens is 3. The second-order valence-corrected chi connectivity index (χ2v) is 6.09. The molecule has 1 heterocycles. The van der Waals surface area contributed by atoms with E-state index in [-0.39, 0.29) is 18.3 Å². The summed E-state index contributed by atoms with van der Waals surface area (Å²) in [4.78, 5) is 14.0. The lowest BCUT2D eigenvalue weighted by molar-refractivity contribution is -0.119. The Hall–Kier alpha value is -1.07. The van der Waals surface area contributed by atoms with Crippen molar-refractivity contribution in [2.24, 2.45) is 5.73 Å². The number of nitrogens with two attached hydrogens (primary N) is 1. The summed E-state index contributed by atoms with van der Waals surface area (Å²) in [5.41, 5.74) is 8.69. The number of hydrogen-bond donors (Lipinski definition) is 1. The molecule has 1 aliphatic heterocycles. The van der Waals surface area contributed by atoms with Crippen LogP contribution in [0.25, 0.3) is 0 Å². The summed E-state index contributed by atoms with van der Waals surface area (Å²) >= 11 is 9.39. The van der Waals surface area contributed by atoms with Gasteiger partial charge >= 0.3 is 0 Å². The molecule has 1 atom stereocenters. The van der Waals surface area contributed by atoms with Crippen LogP contribution in [-0.4, -0.2) is 5.91 Å². The van der Waals surface area contributed by atoms with E-state index >= 15 is 0 Å². The number of hydrogen-bond acceptors (Lipinski definition) is 2. The number of carbonyl (C=O) groups is 1. The second-order valence-electron chi connectivity index (χ2n) is 4.74. The summed E-state index contributed by atoms with van der Waals surface area (Å²) in [6, 6.07) is 12.6. The van der Waals surface area contributed by atoms with E-state index in [0.29, 0.717) is 11.6 Å². The standard InChI is InChI=1S/C15H12BrClN2O.ClH/c16-10-4-5-13-12(7-10)14(18)15(20)19(13)8-9-2-1-3-11(17)6-9;/h1-7,14H,8,18H2;1H. The molecule has 0 aromatic heterocycles. The van der Waals surface area contributed by atoms with Gasteiger partial charge in [-0.1, -0.05) is 39.7 Å². The highest BCUT2D eigenvalue weighted by atomic mass is 79.9. The predicted octanol–water partition coefficient (Wildman–Crippen LogP) is 4.07. The molecule has 2 N–H and O–H groups in total. The average Bonchev–Trinajstić information content (AvgIpc) is 2.64. The molecule has 3 nitrogen and oxygen atoms in total. The molecule has 21 heavy (non-hydrogen) atoms. The molecule has 0 bridgehead atoms. The quantitative estimate of drug-likeness (QED) is 0.844. The molecule has 0 radical (unpaired) electrons. The fourth-order valence-electron chi connectivity index (χ4n) is 2.42. The average molecular weight is 388 g/mol. The van der Waals surface area contributed by atoms with Gasteiger partial charge in [-0.15, -0.1) is 12.4 Å². The Morgan fingerprint density at radius 3 is 2.71 bits per heavy atom. The van der Waals surface area contributed by atoms with Crippen molar-refractivity contribution in [3.63, 3.8) is 0 Å². The van der Waals surface area contributed by atoms with Crippen molar-refractivity contribution in [3.8, 4) is 0 Å². The van der Waals surface area contributed by atoms with Crippen LogP contribution in [-0.2, 0) is 11.3 Å². The maximum absolute atomic E-state index is 12.3. The van der Waals surface area contributed by atoms with Crippen molar-refractivity contribution in [2.75, 3.05) is 4.90 Å². The number of benzene rings is 2. The van der Waals surface area contributed by atoms with E-state index in [4.69, 9.17) is 17.3 Å². The number of amides is 1. The van der Waals surface area contributed by atoms with Gasteiger partial charge in [-0.3, -0.25) is 4.79 Å². The normalized spacial score (nSPS) is 16.6. The molecule has 0 saturated heterocycles. The first-order valence-electron chi connectivity index (χ1n) is 6.17. The SMILES string of the molecule is Cl.NC1C(=O)N(Cc2cccc(Cl)c2)c2ccc(Br)cc21. The lowest BCUT2D eigenvalue weighted by atomic mass is 10.1. The Morgan fingerprint density at radius 1 is 1.24 bits per heavy atom. The molecular weight excluding hydrogens is 375 g/mol. The van der Waals surface area contributed by atoms with E-state index in [1.54, 1.807) is 4.90 Å². The third-order valence-corrected chi connectivity index (χ3v) is 4.11. The molecule has 6 heteroatoms. The molecular formula is C15H13BrCl2N2O. The van der Waals surface area contributed by atoms with Crippen LogP contribution >= 0.6 is 39.9 Å². The highest BCUT2D eigenvalue weighted by molar-refractivity contribution is 9.10. The van der Waals surface area contributed by atoms with Gasteiger partial charge in [0.05, 0.1) is 6.54 Å². The molecule has 3 rings (SSSR count). The monoisotopic (exact) mass is 386 g/mol. The molecule has 0 aliphatic carbocycles. The van der Waals surface area contributed by atoms with Crippen molar-refractivity contribution in [2.45, 2.75) is 12.6 Å². The topological polar surface area (TPSA) is 46.3 Å². The van der Waals surface area contributed by atoms with Crippen molar-refractivity contribution in [1.82, 2.24) is 0 Å². The predicted molar refractivity (Wildman–Crippen MR) is 91.0 cm³/mol. The van der Waals surface area contributed by atoms with Gasteiger partial charge in [-0.05, 0) is 35.9 Å². The zero-order valence-corrected chi connectivity index (χ0v) is 14.1. The zero-order valence-electron chi connectivity index (χ0n) is 10.9. The van der Waals surface area contributed by atoms with E-state index in [2.05, 4.69) is 15.9 Å². The van der Waals surface area contributed by atoms with Crippen LogP contribution in [0.2, 0.25) is 5.02 Å². The Kier molecular flexibility index (Phi) is 4.94. The second kappa shape index (κ2) is 6.36. The minimum atomic E-state index is -0.596. The van der Waals surface area contributed by atoms with Gasteiger partial charge in [0.25, 0.3) is 0 Å². The molecule has 0 fully saturated rings. The molecule has 1 aliphatic rings. The number of nitrogens with zero attached hydrogens (tertiary/aromatic N) is 1. The maximum atomic E-state index is 12.3. The Morgan fingerprint density at radius 2 is 2.00 bits per heavy atom. The summed E-state index contributed by atoms with van der Waals surface area (Å²) in [5, 5.41) is 0.662. The van der Waals surface area contributed by atoms with Gasteiger partial charge < -0.3 is 10.6 Å². The molecule has 0 spiro atoms. The third kappa shape index (κ3) is 3.09. The zero-order chi connectivity index (χ0) is 14.3. The number of fused-ring (bicyclic) bond motifs is 1. The van der Waals surface area contributed by atoms with E-state index in [1.165, 1.54) is 0 Å². The Labute approximate surface area is 142 Å². The fraction of sp³-hybridized carbons (Fsp3) is 0.133. The van der Waals surface area contributed by atoms with Crippen LogP contribution < -0.4 is 10.6 Å². The largest absolute Gasteiger partial charge is 0.316 e. The molecule has 110 valence electrons. The van der Waals surface area contributed by atoms with E-state index in [0.717, 1.165) is 21.3 Å². The highest BCUT2D eigenvalue weighted by Gasteiger charge is 2.34. The third-order valence-electron chi connectivity index (χ3n) is 3.38. The van der Waals surface area contributed by atoms with Crippen LogP contribution in [0.5, 0.6) is 0 Å². The minimum absolute atomic E-state index is 0. The van der Waals surface area contributed by atoms with E-state index in [1.807, 2.05) is 42.5 Å². The summed E-state index contributed by atoms with van der Waals surface area (Å²) < 4.78 is 0.920. The van der Waals surface area contributed by atoms with Crippen molar-refractivity contribution >= 4 is 51.5 Å². The van der Waals surface area contributed by atoms with Crippen LogP contribution in [0.4, 0.5) is 5.69 Å².